The average molecular weight is 483 g/mol. The van der Waals surface area contributed by atoms with Gasteiger partial charge in [-0.2, -0.15) is 4.52 Å². The molecule has 2 N–H and O–H groups in total. The van der Waals surface area contributed by atoms with E-state index in [-0.39, 0.29) is 11.4 Å². The van der Waals surface area contributed by atoms with E-state index >= 15 is 0 Å². The number of nitrogens with zero attached hydrogens (tertiary/aromatic N) is 4. The van der Waals surface area contributed by atoms with Gasteiger partial charge < -0.3 is 14.8 Å². The lowest BCUT2D eigenvalue weighted by Gasteiger charge is -2.10. The summed E-state index contributed by atoms with van der Waals surface area (Å²) in [6.07, 6.45) is 1.10. The Morgan fingerprint density at radius 1 is 0.882 bits per heavy atom. The van der Waals surface area contributed by atoms with Gasteiger partial charge in [-0.3, -0.25) is 0 Å². The topological polar surface area (TPSA) is 120 Å². The summed E-state index contributed by atoms with van der Waals surface area (Å²) in [7, 11) is -0.357. The SMILES string of the molecule is COc1ccc(CCNc2ccc3nnc(CCNS(=O)(=O)c4ccccc4)n3n2)cc1OC. The maximum atomic E-state index is 12.4. The van der Waals surface area contributed by atoms with Crippen LogP contribution >= 0.6 is 0 Å². The van der Waals surface area contributed by atoms with Gasteiger partial charge in [-0.25, -0.2) is 13.1 Å². The van der Waals surface area contributed by atoms with Crippen molar-refractivity contribution in [2.75, 3.05) is 32.6 Å². The van der Waals surface area contributed by atoms with E-state index < -0.39 is 10.0 Å². The van der Waals surface area contributed by atoms with E-state index in [1.165, 1.54) is 0 Å². The molecule has 4 rings (SSSR count). The first kappa shape index (κ1) is 23.5. The summed E-state index contributed by atoms with van der Waals surface area (Å²) < 4.78 is 39.6. The Balaban J connectivity index is 1.37. The lowest BCUT2D eigenvalue weighted by molar-refractivity contribution is 0.354. The monoisotopic (exact) mass is 482 g/mol. The average Bonchev–Trinajstić information content (AvgIpc) is 3.26. The van der Waals surface area contributed by atoms with Crippen molar-refractivity contribution in [3.63, 3.8) is 0 Å². The first-order valence-corrected chi connectivity index (χ1v) is 12.2. The number of ether oxygens (including phenoxy) is 2. The van der Waals surface area contributed by atoms with E-state index in [4.69, 9.17) is 9.47 Å². The highest BCUT2D eigenvalue weighted by Gasteiger charge is 2.14. The van der Waals surface area contributed by atoms with E-state index in [1.807, 2.05) is 30.3 Å². The van der Waals surface area contributed by atoms with Crippen LogP contribution < -0.4 is 19.5 Å². The molecule has 0 aliphatic heterocycles. The second-order valence-corrected chi connectivity index (χ2v) is 9.20. The highest BCUT2D eigenvalue weighted by Crippen LogP contribution is 2.27. The molecule has 2 aromatic heterocycles. The summed E-state index contributed by atoms with van der Waals surface area (Å²) in [5.74, 6) is 2.61. The molecule has 0 spiro atoms. The Morgan fingerprint density at radius 2 is 1.68 bits per heavy atom. The Bertz CT molecular complexity index is 1360. The highest BCUT2D eigenvalue weighted by molar-refractivity contribution is 7.89. The van der Waals surface area contributed by atoms with Crippen LogP contribution in [0.2, 0.25) is 0 Å². The molecular formula is C23H26N6O4S. The second kappa shape index (κ2) is 10.5. The zero-order valence-electron chi connectivity index (χ0n) is 18.9. The molecule has 2 aromatic carbocycles. The molecule has 34 heavy (non-hydrogen) atoms. The molecule has 0 aliphatic rings. The van der Waals surface area contributed by atoms with Crippen molar-refractivity contribution in [2.45, 2.75) is 17.7 Å². The van der Waals surface area contributed by atoms with Crippen LogP contribution in [0.25, 0.3) is 5.65 Å². The Hall–Kier alpha value is -3.70. The minimum atomic E-state index is -3.58. The van der Waals surface area contributed by atoms with Gasteiger partial charge in [0.1, 0.15) is 5.82 Å². The summed E-state index contributed by atoms with van der Waals surface area (Å²) in [4.78, 5) is 0.222. The standard InChI is InChI=1S/C23H26N6O4S/c1-32-19-9-8-17(16-20(19)33-2)12-14-24-21-10-11-22-26-27-23(29(22)28-21)13-15-25-34(30,31)18-6-4-3-5-7-18/h3-11,16,25H,12-15H2,1-2H3,(H,24,28). The van der Waals surface area contributed by atoms with Crippen LogP contribution in [0.1, 0.15) is 11.4 Å². The molecule has 0 saturated carbocycles. The van der Waals surface area contributed by atoms with Crippen molar-refractivity contribution < 1.29 is 17.9 Å². The zero-order valence-corrected chi connectivity index (χ0v) is 19.7. The number of methoxy groups -OCH3 is 2. The van der Waals surface area contributed by atoms with Gasteiger partial charge in [-0.15, -0.1) is 15.3 Å². The Morgan fingerprint density at radius 3 is 2.44 bits per heavy atom. The normalized spacial score (nSPS) is 11.5. The van der Waals surface area contributed by atoms with Gasteiger partial charge in [0.05, 0.1) is 19.1 Å². The molecule has 0 radical (unpaired) electrons. The Kier molecular flexibility index (Phi) is 7.24. The van der Waals surface area contributed by atoms with Crippen LogP contribution in [0.4, 0.5) is 5.82 Å². The summed E-state index contributed by atoms with van der Waals surface area (Å²) in [6.45, 7) is 0.832. The number of nitrogens with one attached hydrogen (secondary N) is 2. The fourth-order valence-corrected chi connectivity index (χ4v) is 4.49. The second-order valence-electron chi connectivity index (χ2n) is 7.43. The third-order valence-electron chi connectivity index (χ3n) is 5.19. The molecule has 0 amide bonds. The van der Waals surface area contributed by atoms with E-state index in [9.17, 15) is 8.42 Å². The predicted molar refractivity (Wildman–Crippen MR) is 128 cm³/mol. The lowest BCUT2D eigenvalue weighted by atomic mass is 10.1. The molecule has 178 valence electrons. The fourth-order valence-electron chi connectivity index (χ4n) is 3.43. The van der Waals surface area contributed by atoms with Gasteiger partial charge in [-0.05, 0) is 48.4 Å². The third kappa shape index (κ3) is 5.43. The van der Waals surface area contributed by atoms with Crippen LogP contribution in [-0.4, -0.2) is 55.5 Å². The molecule has 0 aliphatic carbocycles. The minimum absolute atomic E-state index is 0.177. The van der Waals surface area contributed by atoms with E-state index in [0.29, 0.717) is 41.8 Å². The molecule has 2 heterocycles. The first-order valence-electron chi connectivity index (χ1n) is 10.7. The molecule has 0 atom stereocenters. The minimum Gasteiger partial charge on any atom is -0.493 e. The molecule has 0 unspecified atom stereocenters. The summed E-state index contributed by atoms with van der Waals surface area (Å²) >= 11 is 0. The third-order valence-corrected chi connectivity index (χ3v) is 6.67. The van der Waals surface area contributed by atoms with Gasteiger partial charge in [-0.1, -0.05) is 24.3 Å². The number of rotatable bonds is 11. The van der Waals surface area contributed by atoms with Crippen LogP contribution in [0, 0.1) is 0 Å². The maximum absolute atomic E-state index is 12.4. The molecular weight excluding hydrogens is 456 g/mol. The summed E-state index contributed by atoms with van der Waals surface area (Å²) in [6, 6.07) is 17.7. The lowest BCUT2D eigenvalue weighted by Crippen LogP contribution is -2.26. The number of hydrogen-bond acceptors (Lipinski definition) is 8. The van der Waals surface area contributed by atoms with E-state index in [1.54, 1.807) is 49.1 Å². The van der Waals surface area contributed by atoms with Gasteiger partial charge in [0.2, 0.25) is 10.0 Å². The molecule has 4 aromatic rings. The number of sulfonamides is 1. The summed E-state index contributed by atoms with van der Waals surface area (Å²) in [5.41, 5.74) is 1.69. The molecule has 0 saturated heterocycles. The van der Waals surface area contributed by atoms with Gasteiger partial charge >= 0.3 is 0 Å². The highest BCUT2D eigenvalue weighted by atomic mass is 32.2. The smallest absolute Gasteiger partial charge is 0.240 e. The number of anilines is 1. The molecule has 11 heteroatoms. The number of hydrogen-bond donors (Lipinski definition) is 2. The van der Waals surface area contributed by atoms with Crippen molar-refractivity contribution in [2.24, 2.45) is 0 Å². The maximum Gasteiger partial charge on any atom is 0.240 e. The number of fused-ring (bicyclic) bond motifs is 1. The fraction of sp³-hybridized carbons (Fsp3) is 0.261. The van der Waals surface area contributed by atoms with Crippen LogP contribution in [0.15, 0.2) is 65.6 Å². The molecule has 0 bridgehead atoms. The van der Waals surface area contributed by atoms with Gasteiger partial charge in [0.15, 0.2) is 23.0 Å². The van der Waals surface area contributed by atoms with Gasteiger partial charge in [0.25, 0.3) is 0 Å². The largest absolute Gasteiger partial charge is 0.493 e. The van der Waals surface area contributed by atoms with Crippen molar-refractivity contribution in [3.8, 4) is 11.5 Å². The van der Waals surface area contributed by atoms with Crippen molar-refractivity contribution in [1.29, 1.82) is 0 Å². The van der Waals surface area contributed by atoms with Crippen LogP contribution in [-0.2, 0) is 22.9 Å². The molecule has 0 fully saturated rings. The molecule has 10 nitrogen and oxygen atoms in total. The Labute approximate surface area is 198 Å². The van der Waals surface area contributed by atoms with Crippen molar-refractivity contribution >= 4 is 21.5 Å². The number of aromatic nitrogens is 4. The van der Waals surface area contributed by atoms with E-state index in [2.05, 4.69) is 25.3 Å². The van der Waals surface area contributed by atoms with Crippen molar-refractivity contribution in [1.82, 2.24) is 24.5 Å². The number of benzene rings is 2. The van der Waals surface area contributed by atoms with E-state index in [0.717, 1.165) is 12.0 Å². The zero-order chi connectivity index (χ0) is 24.0. The van der Waals surface area contributed by atoms with Gasteiger partial charge in [0, 0.05) is 19.5 Å². The van der Waals surface area contributed by atoms with Crippen molar-refractivity contribution in [3.05, 3.63) is 72.1 Å². The summed E-state index contributed by atoms with van der Waals surface area (Å²) in [5, 5.41) is 16.1. The quantitative estimate of drug-likeness (QED) is 0.334. The van der Waals surface area contributed by atoms with Crippen LogP contribution in [0.3, 0.4) is 0 Å². The predicted octanol–water partition coefficient (Wildman–Crippen LogP) is 2.32. The first-order chi connectivity index (χ1) is 16.5. The van der Waals surface area contributed by atoms with Crippen LogP contribution in [0.5, 0.6) is 11.5 Å².